The first-order chi connectivity index (χ1) is 13.2. The van der Waals surface area contributed by atoms with Crippen molar-refractivity contribution >= 4 is 38.9 Å². The number of nitrogens with one attached hydrogen (secondary N) is 1. The highest BCUT2D eigenvalue weighted by Gasteiger charge is 2.30. The third-order valence-electron chi connectivity index (χ3n) is 4.31. The first-order valence-electron chi connectivity index (χ1n) is 8.63. The molecule has 0 fully saturated rings. The van der Waals surface area contributed by atoms with E-state index in [1.165, 1.54) is 13.0 Å². The van der Waals surface area contributed by atoms with E-state index >= 15 is 0 Å². The van der Waals surface area contributed by atoms with Crippen LogP contribution in [-0.2, 0) is 14.8 Å². The Labute approximate surface area is 169 Å². The zero-order chi connectivity index (χ0) is 20.5. The third kappa shape index (κ3) is 4.34. The first-order valence-corrected chi connectivity index (χ1v) is 10.9. The molecule has 1 aliphatic heterocycles. The summed E-state index contributed by atoms with van der Waals surface area (Å²) >= 11 is 6.04. The van der Waals surface area contributed by atoms with Crippen molar-refractivity contribution in [2.45, 2.75) is 19.9 Å². The van der Waals surface area contributed by atoms with E-state index in [9.17, 15) is 13.2 Å². The molecule has 2 aromatic carbocycles. The Bertz CT molecular complexity index is 1010. The lowest BCUT2D eigenvalue weighted by atomic mass is 10.1. The van der Waals surface area contributed by atoms with Crippen LogP contribution in [0.15, 0.2) is 36.4 Å². The average Bonchev–Trinajstić information content (AvgIpc) is 2.63. The predicted octanol–water partition coefficient (Wildman–Crippen LogP) is 3.21. The molecule has 9 heteroatoms. The summed E-state index contributed by atoms with van der Waals surface area (Å²) in [6.45, 7) is 4.18. The van der Waals surface area contributed by atoms with E-state index < -0.39 is 22.0 Å². The molecule has 0 bridgehead atoms. The number of hydrogen-bond donors (Lipinski definition) is 1. The molecular weight excluding hydrogens is 404 g/mol. The summed E-state index contributed by atoms with van der Waals surface area (Å²) in [6.07, 6.45) is 1.06. The number of hydrogen-bond acceptors (Lipinski definition) is 5. The molecule has 0 unspecified atom stereocenters. The summed E-state index contributed by atoms with van der Waals surface area (Å²) < 4.78 is 36.9. The summed E-state index contributed by atoms with van der Waals surface area (Å²) in [7, 11) is -3.74. The molecule has 0 aliphatic carbocycles. The maximum atomic E-state index is 12.8. The number of amides is 1. The van der Waals surface area contributed by atoms with Gasteiger partial charge in [-0.05, 0) is 43.7 Å². The van der Waals surface area contributed by atoms with Gasteiger partial charge in [0.2, 0.25) is 15.9 Å². The summed E-state index contributed by atoms with van der Waals surface area (Å²) in [5, 5.41) is 3.12. The molecule has 150 valence electrons. The average molecular weight is 425 g/mol. The predicted molar refractivity (Wildman–Crippen MR) is 109 cm³/mol. The van der Waals surface area contributed by atoms with Crippen molar-refractivity contribution in [1.29, 1.82) is 0 Å². The van der Waals surface area contributed by atoms with E-state index in [0.29, 0.717) is 46.7 Å². The van der Waals surface area contributed by atoms with Crippen molar-refractivity contribution in [3.8, 4) is 11.5 Å². The lowest BCUT2D eigenvalue weighted by molar-refractivity contribution is -0.116. The van der Waals surface area contributed by atoms with Gasteiger partial charge in [0, 0.05) is 16.8 Å². The Morgan fingerprint density at radius 3 is 2.50 bits per heavy atom. The number of carbonyl (C=O) groups is 1. The monoisotopic (exact) mass is 424 g/mol. The lowest BCUT2D eigenvalue weighted by Gasteiger charge is -2.29. The molecular formula is C19H21ClN2O5S. The second-order valence-corrected chi connectivity index (χ2v) is 8.81. The molecule has 7 nitrogen and oxygen atoms in total. The number of rotatable bonds is 5. The van der Waals surface area contributed by atoms with Crippen LogP contribution in [0, 0.1) is 6.92 Å². The molecule has 28 heavy (non-hydrogen) atoms. The van der Waals surface area contributed by atoms with Gasteiger partial charge in [0.1, 0.15) is 19.3 Å². The van der Waals surface area contributed by atoms with Crippen molar-refractivity contribution < 1.29 is 22.7 Å². The normalized spacial score (nSPS) is 14.3. The molecule has 3 rings (SSSR count). The largest absolute Gasteiger partial charge is 0.486 e. The van der Waals surface area contributed by atoms with Gasteiger partial charge < -0.3 is 14.8 Å². The van der Waals surface area contributed by atoms with Gasteiger partial charge in [-0.15, -0.1) is 0 Å². The van der Waals surface area contributed by atoms with Gasteiger partial charge in [0.25, 0.3) is 0 Å². The Balaban J connectivity index is 1.88. The van der Waals surface area contributed by atoms with Crippen molar-refractivity contribution in [2.75, 3.05) is 29.1 Å². The van der Waals surface area contributed by atoms with E-state index in [-0.39, 0.29) is 0 Å². The highest BCUT2D eigenvalue weighted by molar-refractivity contribution is 7.92. The van der Waals surface area contributed by atoms with Crippen LogP contribution < -0.4 is 19.1 Å². The van der Waals surface area contributed by atoms with Crippen LogP contribution >= 0.6 is 11.6 Å². The minimum atomic E-state index is -3.74. The summed E-state index contributed by atoms with van der Waals surface area (Å²) in [5.41, 5.74) is 1.53. The molecule has 1 atom stereocenters. The molecule has 0 radical (unpaired) electrons. The highest BCUT2D eigenvalue weighted by atomic mass is 35.5. The third-order valence-corrected chi connectivity index (χ3v) is 5.77. The van der Waals surface area contributed by atoms with Gasteiger partial charge >= 0.3 is 0 Å². The van der Waals surface area contributed by atoms with E-state index in [0.717, 1.165) is 10.6 Å². The maximum Gasteiger partial charge on any atom is 0.247 e. The van der Waals surface area contributed by atoms with Crippen molar-refractivity contribution in [2.24, 2.45) is 0 Å². The number of ether oxygens (including phenoxy) is 2. The van der Waals surface area contributed by atoms with Crippen LogP contribution in [0.1, 0.15) is 12.5 Å². The topological polar surface area (TPSA) is 84.9 Å². The van der Waals surface area contributed by atoms with Gasteiger partial charge in [0.05, 0.1) is 11.9 Å². The SMILES string of the molecule is Cc1ccc(Cl)cc1N([C@H](C)C(=O)Nc1ccc2c(c1)OCCO2)S(C)(=O)=O. The van der Waals surface area contributed by atoms with Gasteiger partial charge in [-0.3, -0.25) is 9.10 Å². The number of benzene rings is 2. The zero-order valence-electron chi connectivity index (χ0n) is 15.7. The highest BCUT2D eigenvalue weighted by Crippen LogP contribution is 2.33. The van der Waals surface area contributed by atoms with Crippen LogP contribution in [0.5, 0.6) is 11.5 Å². The summed E-state index contributed by atoms with van der Waals surface area (Å²) in [6, 6.07) is 8.93. The van der Waals surface area contributed by atoms with E-state index in [2.05, 4.69) is 5.32 Å². The first kappa shape index (κ1) is 20.3. The van der Waals surface area contributed by atoms with E-state index in [4.69, 9.17) is 21.1 Å². The number of sulfonamides is 1. The number of aryl methyl sites for hydroxylation is 1. The Morgan fingerprint density at radius 2 is 1.82 bits per heavy atom. The smallest absolute Gasteiger partial charge is 0.247 e. The molecule has 1 N–H and O–H groups in total. The summed E-state index contributed by atoms with van der Waals surface area (Å²) in [4.78, 5) is 12.8. The fraction of sp³-hybridized carbons (Fsp3) is 0.316. The Morgan fingerprint density at radius 1 is 1.14 bits per heavy atom. The molecule has 2 aromatic rings. The van der Waals surface area contributed by atoms with Crippen LogP contribution in [0.2, 0.25) is 5.02 Å². The number of fused-ring (bicyclic) bond motifs is 1. The van der Waals surface area contributed by atoms with Gasteiger partial charge in [-0.25, -0.2) is 8.42 Å². The minimum Gasteiger partial charge on any atom is -0.486 e. The zero-order valence-corrected chi connectivity index (χ0v) is 17.3. The van der Waals surface area contributed by atoms with Crippen molar-refractivity contribution in [3.63, 3.8) is 0 Å². The van der Waals surface area contributed by atoms with E-state index in [1.54, 1.807) is 37.3 Å². The second-order valence-electron chi connectivity index (χ2n) is 6.51. The number of halogens is 1. The molecule has 1 aliphatic rings. The van der Waals surface area contributed by atoms with Crippen LogP contribution in [0.4, 0.5) is 11.4 Å². The number of carbonyl (C=O) groups excluding carboxylic acids is 1. The molecule has 1 amide bonds. The second kappa shape index (κ2) is 7.89. The fourth-order valence-corrected chi connectivity index (χ4v) is 4.36. The number of nitrogens with zero attached hydrogens (tertiary/aromatic N) is 1. The molecule has 0 aromatic heterocycles. The van der Waals surface area contributed by atoms with Crippen LogP contribution in [-0.4, -0.2) is 39.8 Å². The van der Waals surface area contributed by atoms with Crippen LogP contribution in [0.25, 0.3) is 0 Å². The summed E-state index contributed by atoms with van der Waals surface area (Å²) in [5.74, 6) is 0.647. The van der Waals surface area contributed by atoms with Crippen molar-refractivity contribution in [1.82, 2.24) is 0 Å². The standard InChI is InChI=1S/C19H21ClN2O5S/c1-12-4-5-14(20)10-16(12)22(28(3,24)25)13(2)19(23)21-15-6-7-17-18(11-15)27-9-8-26-17/h4-7,10-11,13H,8-9H2,1-3H3,(H,21,23)/t13-/m1/s1. The van der Waals surface area contributed by atoms with Gasteiger partial charge in [-0.1, -0.05) is 17.7 Å². The van der Waals surface area contributed by atoms with Gasteiger partial charge in [-0.2, -0.15) is 0 Å². The lowest BCUT2D eigenvalue weighted by Crippen LogP contribution is -2.45. The molecule has 1 heterocycles. The molecule has 0 saturated carbocycles. The molecule has 0 spiro atoms. The molecule has 0 saturated heterocycles. The number of anilines is 2. The Hall–Kier alpha value is -2.45. The maximum absolute atomic E-state index is 12.8. The fourth-order valence-electron chi connectivity index (χ4n) is 2.97. The minimum absolute atomic E-state index is 0.361. The van der Waals surface area contributed by atoms with Gasteiger partial charge in [0.15, 0.2) is 11.5 Å². The van der Waals surface area contributed by atoms with Crippen LogP contribution in [0.3, 0.4) is 0 Å². The Kier molecular flexibility index (Phi) is 5.71. The van der Waals surface area contributed by atoms with E-state index in [1.807, 2.05) is 0 Å². The van der Waals surface area contributed by atoms with Crippen molar-refractivity contribution in [3.05, 3.63) is 47.0 Å². The quantitative estimate of drug-likeness (QED) is 0.796.